The van der Waals surface area contributed by atoms with Crippen LogP contribution in [-0.4, -0.2) is 53.1 Å². The van der Waals surface area contributed by atoms with E-state index >= 15 is 0 Å². The predicted octanol–water partition coefficient (Wildman–Crippen LogP) is 4.62. The van der Waals surface area contributed by atoms with Crippen LogP contribution in [0.5, 0.6) is 0 Å². The molecule has 1 amide bonds. The summed E-state index contributed by atoms with van der Waals surface area (Å²) in [4.78, 5) is 36.1. The minimum atomic E-state index is -0.337. The molecule has 4 heterocycles. The maximum atomic E-state index is 14.0. The fraction of sp³-hybridized carbons (Fsp3) is 0.250. The molecule has 1 saturated heterocycles. The zero-order valence-electron chi connectivity index (χ0n) is 20.5. The predicted molar refractivity (Wildman–Crippen MR) is 145 cm³/mol. The van der Waals surface area contributed by atoms with Gasteiger partial charge in [0.2, 0.25) is 0 Å². The lowest BCUT2D eigenvalue weighted by atomic mass is 10.1. The van der Waals surface area contributed by atoms with E-state index in [1.54, 1.807) is 22.9 Å². The monoisotopic (exact) mass is 518 g/mol. The molecule has 0 unspecified atom stereocenters. The Hall–Kier alpha value is -3.98. The third-order valence-electron chi connectivity index (χ3n) is 6.46. The number of rotatable bonds is 7. The Balaban J connectivity index is 1.57. The maximum Gasteiger partial charge on any atom is 0.265 e. The number of carbonyl (C=O) groups is 1. The Labute approximate surface area is 218 Å². The van der Waals surface area contributed by atoms with Gasteiger partial charge in [-0.2, -0.15) is 0 Å². The summed E-state index contributed by atoms with van der Waals surface area (Å²) < 4.78 is 20.8. The van der Waals surface area contributed by atoms with Crippen molar-refractivity contribution in [1.82, 2.24) is 14.5 Å². The number of hydrogen-bond acceptors (Lipinski definition) is 6. The van der Waals surface area contributed by atoms with Crippen molar-refractivity contribution in [1.29, 1.82) is 0 Å². The van der Waals surface area contributed by atoms with Crippen LogP contribution in [0.2, 0.25) is 0 Å². The van der Waals surface area contributed by atoms with Crippen LogP contribution in [-0.2, 0) is 11.3 Å². The van der Waals surface area contributed by atoms with Crippen LogP contribution in [0, 0.1) is 5.82 Å². The van der Waals surface area contributed by atoms with E-state index in [1.165, 1.54) is 23.5 Å². The first-order chi connectivity index (χ1) is 18.0. The average molecular weight is 519 g/mol. The zero-order valence-corrected chi connectivity index (χ0v) is 21.3. The Morgan fingerprint density at radius 1 is 1.11 bits per heavy atom. The first-order valence-corrected chi connectivity index (χ1v) is 13.0. The standard InChI is InChI=1S/C28H27FN4O3S/c1-3-36-19(2)24-25(31-13-15-32(16-14-31)27(34)23-7-5-17-37-23)22-6-4-12-30-26(22)33(28(24)35)18-20-8-10-21(29)11-9-20/h4-12,17H,2-3,13-16,18H2,1H3. The first kappa shape index (κ1) is 24.7. The van der Waals surface area contributed by atoms with E-state index in [2.05, 4.69) is 16.5 Å². The molecule has 1 aliphatic rings. The lowest BCUT2D eigenvalue weighted by molar-refractivity contribution is 0.0751. The van der Waals surface area contributed by atoms with Crippen molar-refractivity contribution >= 4 is 39.7 Å². The molecule has 9 heteroatoms. The first-order valence-electron chi connectivity index (χ1n) is 12.1. The second-order valence-corrected chi connectivity index (χ2v) is 9.68. The van der Waals surface area contributed by atoms with E-state index in [9.17, 15) is 14.0 Å². The summed E-state index contributed by atoms with van der Waals surface area (Å²) >= 11 is 1.43. The number of halogens is 1. The summed E-state index contributed by atoms with van der Waals surface area (Å²) in [6.07, 6.45) is 1.65. The van der Waals surface area contributed by atoms with Gasteiger partial charge in [-0.25, -0.2) is 9.37 Å². The normalized spacial score (nSPS) is 13.7. The number of thiophene rings is 1. The highest BCUT2D eigenvalue weighted by atomic mass is 32.1. The fourth-order valence-electron chi connectivity index (χ4n) is 4.70. The second-order valence-electron chi connectivity index (χ2n) is 8.73. The number of hydrogen-bond donors (Lipinski definition) is 0. The molecule has 1 fully saturated rings. The fourth-order valence-corrected chi connectivity index (χ4v) is 5.39. The van der Waals surface area contributed by atoms with Crippen molar-refractivity contribution in [2.45, 2.75) is 13.5 Å². The van der Waals surface area contributed by atoms with Gasteiger partial charge in [-0.05, 0) is 48.2 Å². The Kier molecular flexibility index (Phi) is 7.05. The number of nitrogens with zero attached hydrogens (tertiary/aromatic N) is 4. The molecule has 4 aromatic rings. The van der Waals surface area contributed by atoms with Crippen LogP contribution in [0.15, 0.2) is 71.5 Å². The topological polar surface area (TPSA) is 67.7 Å². The third kappa shape index (κ3) is 4.86. The molecule has 0 bridgehead atoms. The molecule has 7 nitrogen and oxygen atoms in total. The number of carbonyl (C=O) groups excluding carboxylic acids is 1. The molecule has 0 N–H and O–H groups in total. The van der Waals surface area contributed by atoms with Gasteiger partial charge in [-0.15, -0.1) is 11.3 Å². The smallest absolute Gasteiger partial charge is 0.265 e. The number of pyridine rings is 2. The number of piperazine rings is 1. The average Bonchev–Trinajstić information content (AvgIpc) is 3.46. The molecule has 1 aromatic carbocycles. The quantitative estimate of drug-likeness (QED) is 0.334. The number of fused-ring (bicyclic) bond motifs is 1. The van der Waals surface area contributed by atoms with Crippen molar-refractivity contribution in [2.24, 2.45) is 0 Å². The number of aromatic nitrogens is 2. The van der Waals surface area contributed by atoms with E-state index in [0.29, 0.717) is 55.4 Å². The molecule has 37 heavy (non-hydrogen) atoms. The number of amides is 1. The van der Waals surface area contributed by atoms with Crippen LogP contribution in [0.25, 0.3) is 16.8 Å². The van der Waals surface area contributed by atoms with Crippen LogP contribution in [0.3, 0.4) is 0 Å². The summed E-state index contributed by atoms with van der Waals surface area (Å²) in [6, 6.07) is 13.6. The van der Waals surface area contributed by atoms with Crippen LogP contribution < -0.4 is 10.5 Å². The summed E-state index contributed by atoms with van der Waals surface area (Å²) in [6.45, 7) is 8.67. The van der Waals surface area contributed by atoms with Gasteiger partial charge in [0.15, 0.2) is 0 Å². The lowest BCUT2D eigenvalue weighted by Crippen LogP contribution is -2.49. The van der Waals surface area contributed by atoms with Crippen LogP contribution in [0.4, 0.5) is 10.1 Å². The molecule has 0 atom stereocenters. The summed E-state index contributed by atoms with van der Waals surface area (Å²) in [5.41, 5.74) is 2.11. The Morgan fingerprint density at radius 2 is 1.86 bits per heavy atom. The van der Waals surface area contributed by atoms with Gasteiger partial charge < -0.3 is 14.5 Å². The van der Waals surface area contributed by atoms with Gasteiger partial charge in [-0.3, -0.25) is 14.2 Å². The molecule has 0 spiro atoms. The summed E-state index contributed by atoms with van der Waals surface area (Å²) in [7, 11) is 0. The van der Waals surface area contributed by atoms with Gasteiger partial charge in [0.05, 0.1) is 23.7 Å². The highest BCUT2D eigenvalue weighted by molar-refractivity contribution is 7.12. The van der Waals surface area contributed by atoms with Gasteiger partial charge in [0.1, 0.15) is 22.8 Å². The SMILES string of the molecule is C=C(OCC)c1c(N2CCN(C(=O)c3cccs3)CC2)c2cccnc2n(Cc2ccc(F)cc2)c1=O. The van der Waals surface area contributed by atoms with Crippen molar-refractivity contribution in [3.05, 3.63) is 98.9 Å². The molecule has 0 saturated carbocycles. The molecule has 0 aliphatic carbocycles. The van der Waals surface area contributed by atoms with Crippen LogP contribution in [0.1, 0.15) is 27.7 Å². The highest BCUT2D eigenvalue weighted by Crippen LogP contribution is 2.33. The number of ether oxygens (including phenoxy) is 1. The largest absolute Gasteiger partial charge is 0.494 e. The van der Waals surface area contributed by atoms with Gasteiger partial charge in [0, 0.05) is 37.8 Å². The summed E-state index contributed by atoms with van der Waals surface area (Å²) in [5, 5.41) is 2.69. The van der Waals surface area contributed by atoms with E-state index < -0.39 is 0 Å². The molecule has 3 aromatic heterocycles. The molecular weight excluding hydrogens is 491 g/mol. The van der Waals surface area contributed by atoms with Crippen molar-refractivity contribution in [3.63, 3.8) is 0 Å². The van der Waals surface area contributed by atoms with E-state index in [1.807, 2.05) is 41.5 Å². The molecule has 5 rings (SSSR count). The van der Waals surface area contributed by atoms with Crippen molar-refractivity contribution < 1.29 is 13.9 Å². The van der Waals surface area contributed by atoms with E-state index in [4.69, 9.17) is 4.74 Å². The highest BCUT2D eigenvalue weighted by Gasteiger charge is 2.29. The minimum absolute atomic E-state index is 0.0230. The lowest BCUT2D eigenvalue weighted by Gasteiger charge is -2.37. The van der Waals surface area contributed by atoms with Gasteiger partial charge in [0.25, 0.3) is 11.5 Å². The van der Waals surface area contributed by atoms with Gasteiger partial charge in [-0.1, -0.05) is 24.8 Å². The molecule has 0 radical (unpaired) electrons. The third-order valence-corrected chi connectivity index (χ3v) is 7.32. The molecule has 1 aliphatic heterocycles. The van der Waals surface area contributed by atoms with E-state index in [-0.39, 0.29) is 23.8 Å². The van der Waals surface area contributed by atoms with Crippen molar-refractivity contribution in [3.8, 4) is 0 Å². The maximum absolute atomic E-state index is 14.0. The number of benzene rings is 1. The summed E-state index contributed by atoms with van der Waals surface area (Å²) in [5.74, 6) is -0.0235. The molecular formula is C28H27FN4O3S. The zero-order chi connectivity index (χ0) is 25.9. The van der Waals surface area contributed by atoms with E-state index in [0.717, 1.165) is 15.8 Å². The second kappa shape index (κ2) is 10.6. The van der Waals surface area contributed by atoms with Crippen molar-refractivity contribution in [2.75, 3.05) is 37.7 Å². The van der Waals surface area contributed by atoms with Crippen LogP contribution >= 0.6 is 11.3 Å². The van der Waals surface area contributed by atoms with Gasteiger partial charge >= 0.3 is 0 Å². The molecule has 190 valence electrons. The minimum Gasteiger partial charge on any atom is -0.494 e. The number of anilines is 1. The Morgan fingerprint density at radius 3 is 2.54 bits per heavy atom. The Bertz CT molecular complexity index is 1490.